The zero-order valence-electron chi connectivity index (χ0n) is 9.07. The van der Waals surface area contributed by atoms with Gasteiger partial charge in [0.25, 0.3) is 5.91 Å². The Hall–Kier alpha value is -1.89. The zero-order valence-corrected chi connectivity index (χ0v) is 9.07. The molecule has 1 fully saturated rings. The van der Waals surface area contributed by atoms with Gasteiger partial charge in [0.2, 0.25) is 0 Å². The fourth-order valence-corrected chi connectivity index (χ4v) is 1.85. The Kier molecular flexibility index (Phi) is 2.20. The van der Waals surface area contributed by atoms with Gasteiger partial charge in [0.1, 0.15) is 0 Å². The van der Waals surface area contributed by atoms with Gasteiger partial charge < -0.3 is 11.1 Å². The van der Waals surface area contributed by atoms with Crippen LogP contribution in [0.4, 0.5) is 4.79 Å². The molecule has 16 heavy (non-hydrogen) atoms. The highest BCUT2D eigenvalue weighted by molar-refractivity contribution is 6.07. The first-order valence-electron chi connectivity index (χ1n) is 4.84. The van der Waals surface area contributed by atoms with Crippen molar-refractivity contribution < 1.29 is 9.59 Å². The molecular weight excluding hydrogens is 210 g/mol. The minimum absolute atomic E-state index is 0.00287. The number of amides is 3. The van der Waals surface area contributed by atoms with Crippen LogP contribution in [0.25, 0.3) is 0 Å². The summed E-state index contributed by atoms with van der Waals surface area (Å²) in [6.07, 6.45) is 1.55. The van der Waals surface area contributed by atoms with Gasteiger partial charge in [0.05, 0.1) is 6.20 Å². The van der Waals surface area contributed by atoms with Crippen LogP contribution in [0.15, 0.2) is 6.20 Å². The van der Waals surface area contributed by atoms with Crippen LogP contribution in [0.3, 0.4) is 0 Å². The van der Waals surface area contributed by atoms with Crippen molar-refractivity contribution in [2.45, 2.75) is 12.5 Å². The van der Waals surface area contributed by atoms with Crippen LogP contribution in [0.1, 0.15) is 11.3 Å². The van der Waals surface area contributed by atoms with Gasteiger partial charge in [-0.25, -0.2) is 4.79 Å². The first-order valence-corrected chi connectivity index (χ1v) is 4.84. The maximum Gasteiger partial charge on any atom is 0.322 e. The Balaban J connectivity index is 2.55. The fraction of sp³-hybridized carbons (Fsp3) is 0.444. The number of nitrogens with zero attached hydrogens (tertiary/aromatic N) is 2. The Morgan fingerprint density at radius 3 is 2.62 bits per heavy atom. The summed E-state index contributed by atoms with van der Waals surface area (Å²) in [5.74, 6) is -0.434. The zero-order chi connectivity index (χ0) is 11.9. The van der Waals surface area contributed by atoms with Crippen LogP contribution < -0.4 is 16.4 Å². The van der Waals surface area contributed by atoms with Crippen LogP contribution in [0.5, 0.6) is 0 Å². The van der Waals surface area contributed by atoms with Crippen LogP contribution in [0, 0.1) is 6.92 Å². The summed E-state index contributed by atoms with van der Waals surface area (Å²) >= 11 is 0. The second kappa shape index (κ2) is 3.31. The number of urea groups is 1. The maximum atomic E-state index is 11.8. The monoisotopic (exact) mass is 223 g/mol. The number of carbonyl (C=O) groups is 2. The summed E-state index contributed by atoms with van der Waals surface area (Å²) in [4.78, 5) is 23.0. The number of aromatic nitrogens is 2. The number of hydrogen-bond donors (Lipinski definition) is 3. The van der Waals surface area contributed by atoms with Crippen molar-refractivity contribution in [2.75, 3.05) is 6.54 Å². The van der Waals surface area contributed by atoms with E-state index < -0.39 is 17.5 Å². The summed E-state index contributed by atoms with van der Waals surface area (Å²) in [5, 5.41) is 8.79. The highest BCUT2D eigenvalue weighted by Gasteiger charge is 2.48. The van der Waals surface area contributed by atoms with E-state index in [2.05, 4.69) is 15.7 Å². The molecule has 1 saturated heterocycles. The molecule has 0 unspecified atom stereocenters. The lowest BCUT2D eigenvalue weighted by Crippen LogP contribution is -2.50. The molecule has 7 heteroatoms. The molecular formula is C9H13N5O2. The summed E-state index contributed by atoms with van der Waals surface area (Å²) in [7, 11) is 1.76. The Bertz CT molecular complexity index is 466. The van der Waals surface area contributed by atoms with E-state index in [4.69, 9.17) is 5.73 Å². The highest BCUT2D eigenvalue weighted by Crippen LogP contribution is 2.26. The van der Waals surface area contributed by atoms with E-state index in [1.165, 1.54) is 0 Å². The molecule has 0 radical (unpaired) electrons. The van der Waals surface area contributed by atoms with E-state index in [1.807, 2.05) is 6.92 Å². The number of carbonyl (C=O) groups excluding carboxylic acids is 2. The number of aryl methyl sites for hydroxylation is 1. The van der Waals surface area contributed by atoms with Crippen LogP contribution in [-0.4, -0.2) is 28.3 Å². The number of imide groups is 1. The molecule has 1 atom stereocenters. The second-order valence-corrected chi connectivity index (χ2v) is 3.78. The van der Waals surface area contributed by atoms with Gasteiger partial charge in [-0.2, -0.15) is 5.10 Å². The number of hydrogen-bond acceptors (Lipinski definition) is 4. The molecule has 0 aliphatic carbocycles. The maximum absolute atomic E-state index is 11.8. The summed E-state index contributed by atoms with van der Waals surface area (Å²) < 4.78 is 1.63. The first-order chi connectivity index (χ1) is 7.51. The fourth-order valence-electron chi connectivity index (χ4n) is 1.85. The van der Waals surface area contributed by atoms with Gasteiger partial charge in [-0.15, -0.1) is 0 Å². The molecule has 3 amide bonds. The SMILES string of the molecule is Cc1c([C@]2(CN)NC(=O)NC2=O)cnn1C. The molecule has 1 aromatic heterocycles. The standard InChI is InChI=1S/C9H13N5O2/c1-5-6(3-11-14(5)2)9(4-10)7(15)12-8(16)13-9/h3H,4,10H2,1-2H3,(H2,12,13,15,16)/t9-/m0/s1. The van der Waals surface area contributed by atoms with Crippen LogP contribution in [-0.2, 0) is 17.4 Å². The predicted octanol–water partition coefficient (Wildman–Crippen LogP) is -1.28. The minimum atomic E-state index is -1.19. The van der Waals surface area contributed by atoms with Gasteiger partial charge in [0, 0.05) is 24.8 Å². The van der Waals surface area contributed by atoms with Gasteiger partial charge in [-0.1, -0.05) is 0 Å². The topological polar surface area (TPSA) is 102 Å². The van der Waals surface area contributed by atoms with E-state index in [9.17, 15) is 9.59 Å². The third kappa shape index (κ3) is 1.21. The summed E-state index contributed by atoms with van der Waals surface area (Å²) in [6, 6.07) is -0.529. The van der Waals surface area contributed by atoms with E-state index >= 15 is 0 Å². The van der Waals surface area contributed by atoms with Crippen molar-refractivity contribution in [3.05, 3.63) is 17.5 Å². The van der Waals surface area contributed by atoms with E-state index in [0.717, 1.165) is 5.69 Å². The largest absolute Gasteiger partial charge is 0.327 e. The lowest BCUT2D eigenvalue weighted by Gasteiger charge is -2.23. The number of nitrogens with one attached hydrogen (secondary N) is 2. The molecule has 1 aliphatic rings. The Morgan fingerprint density at radius 1 is 1.56 bits per heavy atom. The third-order valence-electron chi connectivity index (χ3n) is 2.94. The summed E-state index contributed by atoms with van der Waals surface area (Å²) in [6.45, 7) is 1.81. The smallest absolute Gasteiger partial charge is 0.322 e. The normalized spacial score (nSPS) is 24.4. The average molecular weight is 223 g/mol. The van der Waals surface area contributed by atoms with Crippen molar-refractivity contribution in [3.8, 4) is 0 Å². The molecule has 0 spiro atoms. The Morgan fingerprint density at radius 2 is 2.25 bits per heavy atom. The molecule has 0 bridgehead atoms. The molecule has 0 aromatic carbocycles. The molecule has 1 aromatic rings. The van der Waals surface area contributed by atoms with Gasteiger partial charge >= 0.3 is 6.03 Å². The molecule has 7 nitrogen and oxygen atoms in total. The van der Waals surface area contributed by atoms with Gasteiger partial charge in [0.15, 0.2) is 5.54 Å². The molecule has 1 aliphatic heterocycles. The van der Waals surface area contributed by atoms with Crippen molar-refractivity contribution in [1.82, 2.24) is 20.4 Å². The average Bonchev–Trinajstić information content (AvgIpc) is 2.70. The van der Waals surface area contributed by atoms with Crippen LogP contribution >= 0.6 is 0 Å². The van der Waals surface area contributed by atoms with E-state index in [0.29, 0.717) is 5.56 Å². The minimum Gasteiger partial charge on any atom is -0.327 e. The lowest BCUT2D eigenvalue weighted by molar-refractivity contribution is -0.124. The quantitative estimate of drug-likeness (QED) is 0.543. The van der Waals surface area contributed by atoms with Crippen molar-refractivity contribution >= 4 is 11.9 Å². The molecule has 4 N–H and O–H groups in total. The molecule has 0 saturated carbocycles. The first kappa shape index (κ1) is 10.6. The highest BCUT2D eigenvalue weighted by atomic mass is 16.2. The lowest BCUT2D eigenvalue weighted by atomic mass is 9.90. The molecule has 2 heterocycles. The van der Waals surface area contributed by atoms with E-state index in [-0.39, 0.29) is 6.54 Å². The van der Waals surface area contributed by atoms with Crippen LogP contribution in [0.2, 0.25) is 0 Å². The van der Waals surface area contributed by atoms with E-state index in [1.54, 1.807) is 17.9 Å². The predicted molar refractivity (Wildman–Crippen MR) is 55.4 cm³/mol. The van der Waals surface area contributed by atoms with Crippen molar-refractivity contribution in [2.24, 2.45) is 12.8 Å². The number of nitrogens with two attached hydrogens (primary N) is 1. The molecule has 2 rings (SSSR count). The number of rotatable bonds is 2. The van der Waals surface area contributed by atoms with Crippen molar-refractivity contribution in [1.29, 1.82) is 0 Å². The second-order valence-electron chi connectivity index (χ2n) is 3.78. The third-order valence-corrected chi connectivity index (χ3v) is 2.94. The Labute approximate surface area is 92.0 Å². The summed E-state index contributed by atoms with van der Waals surface area (Å²) in [5.41, 5.74) is 5.85. The van der Waals surface area contributed by atoms with Gasteiger partial charge in [-0.3, -0.25) is 14.8 Å². The molecule has 86 valence electrons. The van der Waals surface area contributed by atoms with Gasteiger partial charge in [-0.05, 0) is 6.92 Å². The van der Waals surface area contributed by atoms with Crippen molar-refractivity contribution in [3.63, 3.8) is 0 Å².